The molecular formula is C16H13F5O. The second-order valence-corrected chi connectivity index (χ2v) is 4.72. The van der Waals surface area contributed by atoms with Crippen molar-refractivity contribution >= 4 is 0 Å². The van der Waals surface area contributed by atoms with Gasteiger partial charge in [-0.25, -0.2) is 8.78 Å². The summed E-state index contributed by atoms with van der Waals surface area (Å²) in [4.78, 5) is 0. The second kappa shape index (κ2) is 6.34. The van der Waals surface area contributed by atoms with E-state index in [1.54, 1.807) is 0 Å². The van der Waals surface area contributed by atoms with Gasteiger partial charge in [-0.3, -0.25) is 0 Å². The van der Waals surface area contributed by atoms with Crippen LogP contribution < -0.4 is 4.74 Å². The van der Waals surface area contributed by atoms with Crippen LogP contribution in [0.25, 0.3) is 11.1 Å². The predicted molar refractivity (Wildman–Crippen MR) is 72.5 cm³/mol. The molecule has 118 valence electrons. The van der Waals surface area contributed by atoms with Crippen LogP contribution in [0.3, 0.4) is 0 Å². The number of hydrogen-bond donors (Lipinski definition) is 0. The molecule has 0 fully saturated rings. The standard InChI is InChI=1S/C16H13F5O/c1-2-3-11-6-9-13(15(18)14(11)17)10-4-7-12(8-5-10)22-16(19,20)21/h4-9H,2-3H2,1H3. The molecule has 0 saturated carbocycles. The fourth-order valence-electron chi connectivity index (χ4n) is 2.11. The largest absolute Gasteiger partial charge is 0.573 e. The minimum absolute atomic E-state index is 0.00379. The van der Waals surface area contributed by atoms with Crippen molar-refractivity contribution < 1.29 is 26.7 Å². The van der Waals surface area contributed by atoms with Gasteiger partial charge < -0.3 is 4.74 Å². The summed E-state index contributed by atoms with van der Waals surface area (Å²) in [7, 11) is 0. The number of ether oxygens (including phenoxy) is 1. The van der Waals surface area contributed by atoms with E-state index in [4.69, 9.17) is 0 Å². The number of rotatable bonds is 4. The summed E-state index contributed by atoms with van der Waals surface area (Å²) < 4.78 is 67.9. The van der Waals surface area contributed by atoms with Gasteiger partial charge in [0.2, 0.25) is 0 Å². The molecule has 0 aromatic heterocycles. The van der Waals surface area contributed by atoms with Crippen LogP contribution in [0.5, 0.6) is 5.75 Å². The minimum Gasteiger partial charge on any atom is -0.406 e. The van der Waals surface area contributed by atoms with Gasteiger partial charge in [0.25, 0.3) is 0 Å². The second-order valence-electron chi connectivity index (χ2n) is 4.72. The average molecular weight is 316 g/mol. The molecule has 22 heavy (non-hydrogen) atoms. The summed E-state index contributed by atoms with van der Waals surface area (Å²) >= 11 is 0. The first-order valence-corrected chi connectivity index (χ1v) is 6.65. The average Bonchev–Trinajstić information content (AvgIpc) is 2.44. The van der Waals surface area contributed by atoms with Crippen molar-refractivity contribution in [2.75, 3.05) is 0 Å². The highest BCUT2D eigenvalue weighted by Crippen LogP contribution is 2.30. The molecule has 0 saturated heterocycles. The Kier molecular flexibility index (Phi) is 4.68. The van der Waals surface area contributed by atoms with E-state index in [1.807, 2.05) is 6.92 Å². The third kappa shape index (κ3) is 3.75. The van der Waals surface area contributed by atoms with E-state index in [-0.39, 0.29) is 16.7 Å². The summed E-state index contributed by atoms with van der Waals surface area (Å²) in [6, 6.07) is 7.51. The fraction of sp³-hybridized carbons (Fsp3) is 0.250. The lowest BCUT2D eigenvalue weighted by Crippen LogP contribution is -2.16. The molecule has 1 nitrogen and oxygen atoms in total. The van der Waals surface area contributed by atoms with E-state index in [2.05, 4.69) is 4.74 Å². The lowest BCUT2D eigenvalue weighted by Gasteiger charge is -2.11. The summed E-state index contributed by atoms with van der Waals surface area (Å²) in [5.41, 5.74) is 0.547. The van der Waals surface area contributed by atoms with Gasteiger partial charge in [0.1, 0.15) is 5.75 Å². The Morgan fingerprint density at radius 1 is 0.909 bits per heavy atom. The first-order chi connectivity index (χ1) is 10.3. The van der Waals surface area contributed by atoms with Gasteiger partial charge in [0.05, 0.1) is 0 Å². The molecule has 0 spiro atoms. The third-order valence-electron chi connectivity index (χ3n) is 3.08. The Morgan fingerprint density at radius 2 is 1.55 bits per heavy atom. The minimum atomic E-state index is -4.79. The summed E-state index contributed by atoms with van der Waals surface area (Å²) in [6.45, 7) is 1.85. The quantitative estimate of drug-likeness (QED) is 0.678. The summed E-state index contributed by atoms with van der Waals surface area (Å²) in [6.07, 6.45) is -3.69. The van der Waals surface area contributed by atoms with Crippen molar-refractivity contribution in [2.45, 2.75) is 26.1 Å². The smallest absolute Gasteiger partial charge is 0.406 e. The predicted octanol–water partition coefficient (Wildman–Crippen LogP) is 5.48. The first-order valence-electron chi connectivity index (χ1n) is 6.65. The number of benzene rings is 2. The molecule has 2 aromatic rings. The van der Waals surface area contributed by atoms with E-state index < -0.39 is 23.7 Å². The lowest BCUT2D eigenvalue weighted by atomic mass is 10.0. The van der Waals surface area contributed by atoms with Crippen LogP contribution in [0.15, 0.2) is 36.4 Å². The molecule has 0 heterocycles. The highest BCUT2D eigenvalue weighted by atomic mass is 19.4. The van der Waals surface area contributed by atoms with Crippen LogP contribution in [0, 0.1) is 11.6 Å². The molecule has 2 aromatic carbocycles. The van der Waals surface area contributed by atoms with Crippen LogP contribution in [0.1, 0.15) is 18.9 Å². The maximum Gasteiger partial charge on any atom is 0.573 e. The zero-order valence-electron chi connectivity index (χ0n) is 11.7. The van der Waals surface area contributed by atoms with Gasteiger partial charge >= 0.3 is 6.36 Å². The van der Waals surface area contributed by atoms with Gasteiger partial charge in [0.15, 0.2) is 11.6 Å². The molecule has 0 bridgehead atoms. The number of alkyl halides is 3. The number of halogens is 5. The highest BCUT2D eigenvalue weighted by molar-refractivity contribution is 5.65. The van der Waals surface area contributed by atoms with Crippen molar-refractivity contribution in [1.29, 1.82) is 0 Å². The first kappa shape index (κ1) is 16.3. The Bertz CT molecular complexity index is 647. The van der Waals surface area contributed by atoms with Gasteiger partial charge in [-0.1, -0.05) is 37.6 Å². The molecule has 0 atom stereocenters. The molecular weight excluding hydrogens is 303 g/mol. The molecule has 0 amide bonds. The van der Waals surface area contributed by atoms with Crippen LogP contribution in [-0.4, -0.2) is 6.36 Å². The van der Waals surface area contributed by atoms with Crippen molar-refractivity contribution in [3.8, 4) is 16.9 Å². The summed E-state index contributed by atoms with van der Waals surface area (Å²) in [5.74, 6) is -2.34. The van der Waals surface area contributed by atoms with Crippen LogP contribution in [0.4, 0.5) is 22.0 Å². The molecule has 0 radical (unpaired) electrons. The van der Waals surface area contributed by atoms with E-state index in [9.17, 15) is 22.0 Å². The van der Waals surface area contributed by atoms with Gasteiger partial charge in [-0.2, -0.15) is 0 Å². The van der Waals surface area contributed by atoms with Crippen molar-refractivity contribution in [3.63, 3.8) is 0 Å². The van der Waals surface area contributed by atoms with Crippen molar-refractivity contribution in [2.24, 2.45) is 0 Å². The lowest BCUT2D eigenvalue weighted by molar-refractivity contribution is -0.274. The summed E-state index contributed by atoms with van der Waals surface area (Å²) in [5, 5.41) is 0. The molecule has 0 aliphatic rings. The Hall–Kier alpha value is -2.11. The van der Waals surface area contributed by atoms with Gasteiger partial charge in [-0.05, 0) is 29.7 Å². The molecule has 0 aliphatic heterocycles. The fourth-order valence-corrected chi connectivity index (χ4v) is 2.11. The van der Waals surface area contributed by atoms with E-state index in [1.165, 1.54) is 24.3 Å². The van der Waals surface area contributed by atoms with Crippen molar-refractivity contribution in [3.05, 3.63) is 53.6 Å². The van der Waals surface area contributed by atoms with E-state index in [0.717, 1.165) is 12.1 Å². The maximum atomic E-state index is 14.1. The molecule has 6 heteroatoms. The number of aryl methyl sites for hydroxylation is 1. The molecule has 0 unspecified atom stereocenters. The molecule has 0 aliphatic carbocycles. The van der Waals surface area contributed by atoms with Gasteiger partial charge in [-0.15, -0.1) is 13.2 Å². The van der Waals surface area contributed by atoms with E-state index >= 15 is 0 Å². The highest BCUT2D eigenvalue weighted by Gasteiger charge is 2.31. The Labute approximate surface area is 124 Å². The normalized spacial score (nSPS) is 11.5. The molecule has 0 N–H and O–H groups in total. The van der Waals surface area contributed by atoms with Crippen molar-refractivity contribution in [1.82, 2.24) is 0 Å². The van der Waals surface area contributed by atoms with Crippen LogP contribution in [-0.2, 0) is 6.42 Å². The van der Waals surface area contributed by atoms with Gasteiger partial charge in [0, 0.05) is 5.56 Å². The third-order valence-corrected chi connectivity index (χ3v) is 3.08. The maximum absolute atomic E-state index is 14.1. The van der Waals surface area contributed by atoms with Crippen LogP contribution in [0.2, 0.25) is 0 Å². The zero-order chi connectivity index (χ0) is 16.3. The monoisotopic (exact) mass is 316 g/mol. The van der Waals surface area contributed by atoms with E-state index in [0.29, 0.717) is 12.8 Å². The Morgan fingerprint density at radius 3 is 2.09 bits per heavy atom. The Balaban J connectivity index is 2.31. The van der Waals surface area contributed by atoms with Crippen LogP contribution >= 0.6 is 0 Å². The molecule has 2 rings (SSSR count). The topological polar surface area (TPSA) is 9.23 Å². The zero-order valence-corrected chi connectivity index (χ0v) is 11.7. The number of hydrogen-bond acceptors (Lipinski definition) is 1. The SMILES string of the molecule is CCCc1ccc(-c2ccc(OC(F)(F)F)cc2)c(F)c1F.